The van der Waals surface area contributed by atoms with Gasteiger partial charge in [0, 0.05) is 19.1 Å². The van der Waals surface area contributed by atoms with Crippen LogP contribution in [0.4, 0.5) is 0 Å². The summed E-state index contributed by atoms with van der Waals surface area (Å²) in [6, 6.07) is 0.233. The molecule has 0 bridgehead atoms. The quantitative estimate of drug-likeness (QED) is 0.610. The van der Waals surface area contributed by atoms with Crippen LogP contribution in [-0.4, -0.2) is 48.2 Å². The molecule has 0 saturated heterocycles. The molecule has 4 heteroatoms. The lowest BCUT2D eigenvalue weighted by molar-refractivity contribution is -0.122. The molecule has 0 spiro atoms. The number of hydrogen-bond donors (Lipinski definition) is 2. The Hall–Kier alpha value is -0.610. The predicted octanol–water partition coefficient (Wildman–Crippen LogP) is 1.39. The van der Waals surface area contributed by atoms with E-state index in [0.29, 0.717) is 12.8 Å². The van der Waals surface area contributed by atoms with E-state index in [1.165, 1.54) is 0 Å². The van der Waals surface area contributed by atoms with Crippen molar-refractivity contribution in [1.82, 2.24) is 10.2 Å². The van der Waals surface area contributed by atoms with Crippen molar-refractivity contribution in [2.75, 3.05) is 26.2 Å². The Labute approximate surface area is 105 Å². The molecule has 1 atom stereocenters. The van der Waals surface area contributed by atoms with Crippen LogP contribution in [0.5, 0.6) is 0 Å². The van der Waals surface area contributed by atoms with Gasteiger partial charge in [-0.05, 0) is 45.8 Å². The first-order chi connectivity index (χ1) is 8.13. The Morgan fingerprint density at radius 2 is 1.94 bits per heavy atom. The number of rotatable bonds is 10. The van der Waals surface area contributed by atoms with E-state index in [1.807, 2.05) is 6.92 Å². The summed E-state index contributed by atoms with van der Waals surface area (Å²) in [5, 5.41) is 11.6. The minimum absolute atomic E-state index is 0.0504. The lowest BCUT2D eigenvalue weighted by atomic mass is 10.1. The second-order valence-electron chi connectivity index (χ2n) is 4.46. The zero-order chi connectivity index (χ0) is 13.1. The van der Waals surface area contributed by atoms with Gasteiger partial charge < -0.3 is 15.3 Å². The van der Waals surface area contributed by atoms with Crippen LogP contribution >= 0.6 is 0 Å². The van der Waals surface area contributed by atoms with Crippen LogP contribution in [0.1, 0.15) is 46.5 Å². The third kappa shape index (κ3) is 9.12. The number of nitrogens with one attached hydrogen (secondary N) is 1. The summed E-state index contributed by atoms with van der Waals surface area (Å²) >= 11 is 0. The highest BCUT2D eigenvalue weighted by atomic mass is 16.3. The number of carbonyl (C=O) groups excluding carboxylic acids is 1. The molecule has 17 heavy (non-hydrogen) atoms. The normalized spacial score (nSPS) is 12.8. The smallest absolute Gasteiger partial charge is 0.220 e. The van der Waals surface area contributed by atoms with E-state index >= 15 is 0 Å². The van der Waals surface area contributed by atoms with Gasteiger partial charge in [0.2, 0.25) is 5.91 Å². The van der Waals surface area contributed by atoms with Gasteiger partial charge in [-0.1, -0.05) is 13.8 Å². The van der Waals surface area contributed by atoms with Crippen molar-refractivity contribution in [3.8, 4) is 0 Å². The highest BCUT2D eigenvalue weighted by molar-refractivity contribution is 5.76. The molecule has 0 aromatic carbocycles. The Balaban J connectivity index is 3.58. The monoisotopic (exact) mass is 244 g/mol. The SMILES string of the molecule is CCN(CC)CCCC(C)NC(=O)CCCO. The maximum Gasteiger partial charge on any atom is 0.220 e. The fourth-order valence-electron chi connectivity index (χ4n) is 1.82. The lowest BCUT2D eigenvalue weighted by Gasteiger charge is -2.19. The van der Waals surface area contributed by atoms with E-state index in [0.717, 1.165) is 32.5 Å². The summed E-state index contributed by atoms with van der Waals surface area (Å²) in [5.74, 6) is 0.0504. The fraction of sp³-hybridized carbons (Fsp3) is 0.923. The molecular formula is C13H28N2O2. The molecule has 4 nitrogen and oxygen atoms in total. The van der Waals surface area contributed by atoms with Crippen LogP contribution in [0, 0.1) is 0 Å². The average Bonchev–Trinajstić information content (AvgIpc) is 2.32. The van der Waals surface area contributed by atoms with Gasteiger partial charge in [0.25, 0.3) is 0 Å². The molecular weight excluding hydrogens is 216 g/mol. The molecule has 1 unspecified atom stereocenters. The van der Waals surface area contributed by atoms with Gasteiger partial charge in [0.1, 0.15) is 0 Å². The van der Waals surface area contributed by atoms with Crippen LogP contribution < -0.4 is 5.32 Å². The highest BCUT2D eigenvalue weighted by Gasteiger charge is 2.07. The highest BCUT2D eigenvalue weighted by Crippen LogP contribution is 2.00. The van der Waals surface area contributed by atoms with E-state index in [2.05, 4.69) is 24.1 Å². The van der Waals surface area contributed by atoms with E-state index in [1.54, 1.807) is 0 Å². The molecule has 0 aliphatic rings. The number of aliphatic hydroxyl groups is 1. The standard InChI is InChI=1S/C13H28N2O2/c1-4-15(5-2)10-6-8-12(3)14-13(17)9-7-11-16/h12,16H,4-11H2,1-3H3,(H,14,17). The third-order valence-corrected chi connectivity index (χ3v) is 2.98. The molecule has 0 aromatic heterocycles. The summed E-state index contributed by atoms with van der Waals surface area (Å²) in [5.41, 5.74) is 0. The Morgan fingerprint density at radius 3 is 2.47 bits per heavy atom. The number of amides is 1. The van der Waals surface area contributed by atoms with Crippen molar-refractivity contribution < 1.29 is 9.90 Å². The first kappa shape index (κ1) is 16.4. The molecule has 0 radical (unpaired) electrons. The Bertz CT molecular complexity index is 194. The average molecular weight is 244 g/mol. The predicted molar refractivity (Wildman–Crippen MR) is 70.9 cm³/mol. The maximum absolute atomic E-state index is 11.4. The zero-order valence-electron chi connectivity index (χ0n) is 11.5. The second kappa shape index (κ2) is 10.5. The van der Waals surface area contributed by atoms with Crippen molar-refractivity contribution >= 4 is 5.91 Å². The Kier molecular flexibility index (Phi) is 10.2. The minimum atomic E-state index is 0.0504. The number of aliphatic hydroxyl groups excluding tert-OH is 1. The molecule has 0 fully saturated rings. The van der Waals surface area contributed by atoms with E-state index in [9.17, 15) is 4.79 Å². The molecule has 0 aliphatic heterocycles. The number of carbonyl (C=O) groups is 1. The van der Waals surface area contributed by atoms with E-state index in [-0.39, 0.29) is 18.6 Å². The van der Waals surface area contributed by atoms with Gasteiger partial charge in [-0.15, -0.1) is 0 Å². The van der Waals surface area contributed by atoms with Crippen molar-refractivity contribution in [1.29, 1.82) is 0 Å². The topological polar surface area (TPSA) is 52.6 Å². The fourth-order valence-corrected chi connectivity index (χ4v) is 1.82. The van der Waals surface area contributed by atoms with Gasteiger partial charge in [-0.2, -0.15) is 0 Å². The van der Waals surface area contributed by atoms with Gasteiger partial charge in [-0.25, -0.2) is 0 Å². The Morgan fingerprint density at radius 1 is 1.29 bits per heavy atom. The van der Waals surface area contributed by atoms with Crippen molar-refractivity contribution in [3.05, 3.63) is 0 Å². The van der Waals surface area contributed by atoms with Crippen LogP contribution in [-0.2, 0) is 4.79 Å². The maximum atomic E-state index is 11.4. The van der Waals surface area contributed by atoms with E-state index < -0.39 is 0 Å². The van der Waals surface area contributed by atoms with Crippen LogP contribution in [0.25, 0.3) is 0 Å². The molecule has 0 aliphatic carbocycles. The lowest BCUT2D eigenvalue weighted by Crippen LogP contribution is -2.33. The van der Waals surface area contributed by atoms with Crippen LogP contribution in [0.3, 0.4) is 0 Å². The van der Waals surface area contributed by atoms with Crippen molar-refractivity contribution in [2.24, 2.45) is 0 Å². The van der Waals surface area contributed by atoms with Crippen LogP contribution in [0.2, 0.25) is 0 Å². The zero-order valence-corrected chi connectivity index (χ0v) is 11.5. The molecule has 0 aromatic rings. The summed E-state index contributed by atoms with van der Waals surface area (Å²) in [6.07, 6.45) is 3.11. The number of hydrogen-bond acceptors (Lipinski definition) is 3. The van der Waals surface area contributed by atoms with Gasteiger partial charge >= 0.3 is 0 Å². The molecule has 0 rings (SSSR count). The summed E-state index contributed by atoms with van der Waals surface area (Å²) in [7, 11) is 0. The van der Waals surface area contributed by atoms with Crippen molar-refractivity contribution in [3.63, 3.8) is 0 Å². The van der Waals surface area contributed by atoms with Gasteiger partial charge in [0.05, 0.1) is 0 Å². The first-order valence-corrected chi connectivity index (χ1v) is 6.76. The first-order valence-electron chi connectivity index (χ1n) is 6.76. The number of nitrogens with zero attached hydrogens (tertiary/aromatic N) is 1. The van der Waals surface area contributed by atoms with Crippen LogP contribution in [0.15, 0.2) is 0 Å². The second-order valence-corrected chi connectivity index (χ2v) is 4.46. The minimum Gasteiger partial charge on any atom is -0.396 e. The summed E-state index contributed by atoms with van der Waals surface area (Å²) < 4.78 is 0. The molecule has 2 N–H and O–H groups in total. The summed E-state index contributed by atoms with van der Waals surface area (Å²) in [4.78, 5) is 13.8. The molecule has 102 valence electrons. The largest absolute Gasteiger partial charge is 0.396 e. The van der Waals surface area contributed by atoms with Gasteiger partial charge in [-0.3, -0.25) is 4.79 Å². The molecule has 1 amide bonds. The molecule has 0 heterocycles. The third-order valence-electron chi connectivity index (χ3n) is 2.98. The van der Waals surface area contributed by atoms with Crippen molar-refractivity contribution in [2.45, 2.75) is 52.5 Å². The summed E-state index contributed by atoms with van der Waals surface area (Å²) in [6.45, 7) is 9.75. The molecule has 0 saturated carbocycles. The van der Waals surface area contributed by atoms with Gasteiger partial charge in [0.15, 0.2) is 0 Å². The van der Waals surface area contributed by atoms with E-state index in [4.69, 9.17) is 5.11 Å².